The van der Waals surface area contributed by atoms with Gasteiger partial charge in [-0.2, -0.15) is 5.10 Å². The van der Waals surface area contributed by atoms with Crippen molar-refractivity contribution in [3.63, 3.8) is 0 Å². The fourth-order valence-electron chi connectivity index (χ4n) is 3.42. The smallest absolute Gasteiger partial charge is 0.192 e. The van der Waals surface area contributed by atoms with Crippen LogP contribution in [0.1, 0.15) is 31.0 Å². The number of nitrogens with one attached hydrogen (secondary N) is 3. The zero-order valence-corrected chi connectivity index (χ0v) is 20.0. The average molecular weight is 526 g/mol. The molecule has 4 aromatic rings. The minimum atomic E-state index is 0. The van der Waals surface area contributed by atoms with Crippen LogP contribution >= 0.6 is 24.0 Å². The zero-order chi connectivity index (χ0) is 20.8. The number of aromatic nitrogens is 3. The molecule has 1 heterocycles. The van der Waals surface area contributed by atoms with Crippen LogP contribution in [0.4, 0.5) is 0 Å². The van der Waals surface area contributed by atoms with Crippen LogP contribution in [0.5, 0.6) is 0 Å². The quantitative estimate of drug-likeness (QED) is 0.187. The molecular formula is C24H27IN6. The first kappa shape index (κ1) is 22.7. The topological polar surface area (TPSA) is 78.0 Å². The SMILES string of the molecule is CCNC(=NCc1cccc(-c2ncn[nH]2)c1)NC(C)c1ccc2ccccc2c1.I. The Morgan fingerprint density at radius 3 is 2.65 bits per heavy atom. The largest absolute Gasteiger partial charge is 0.357 e. The molecular weight excluding hydrogens is 499 g/mol. The third-order valence-corrected chi connectivity index (χ3v) is 5.01. The summed E-state index contributed by atoms with van der Waals surface area (Å²) < 4.78 is 0. The lowest BCUT2D eigenvalue weighted by atomic mass is 10.0. The summed E-state index contributed by atoms with van der Waals surface area (Å²) in [6.07, 6.45) is 1.52. The van der Waals surface area contributed by atoms with Crippen molar-refractivity contribution in [3.8, 4) is 11.4 Å². The molecule has 4 rings (SSSR count). The summed E-state index contributed by atoms with van der Waals surface area (Å²) in [5, 5.41) is 16.2. The number of aromatic amines is 1. The lowest BCUT2D eigenvalue weighted by Crippen LogP contribution is -2.38. The first-order valence-electron chi connectivity index (χ1n) is 10.2. The summed E-state index contributed by atoms with van der Waals surface area (Å²) in [6.45, 7) is 5.60. The van der Waals surface area contributed by atoms with Crippen LogP contribution in [0.3, 0.4) is 0 Å². The number of aliphatic imine (C=N–C) groups is 1. The van der Waals surface area contributed by atoms with E-state index in [0.29, 0.717) is 6.54 Å². The van der Waals surface area contributed by atoms with Gasteiger partial charge in [-0.3, -0.25) is 5.10 Å². The molecule has 160 valence electrons. The molecule has 0 aliphatic carbocycles. The first-order chi connectivity index (χ1) is 14.7. The molecule has 0 radical (unpaired) electrons. The number of benzene rings is 3. The van der Waals surface area contributed by atoms with Crippen LogP contribution in [-0.2, 0) is 6.54 Å². The maximum absolute atomic E-state index is 4.78. The second-order valence-corrected chi connectivity index (χ2v) is 7.20. The van der Waals surface area contributed by atoms with Crippen molar-refractivity contribution in [1.82, 2.24) is 25.8 Å². The van der Waals surface area contributed by atoms with E-state index in [-0.39, 0.29) is 30.0 Å². The van der Waals surface area contributed by atoms with E-state index in [2.05, 4.69) is 94.3 Å². The highest BCUT2D eigenvalue weighted by molar-refractivity contribution is 14.0. The van der Waals surface area contributed by atoms with E-state index in [1.165, 1.54) is 22.7 Å². The lowest BCUT2D eigenvalue weighted by Gasteiger charge is -2.19. The fourth-order valence-corrected chi connectivity index (χ4v) is 3.42. The average Bonchev–Trinajstić information content (AvgIpc) is 3.32. The van der Waals surface area contributed by atoms with E-state index >= 15 is 0 Å². The van der Waals surface area contributed by atoms with Crippen molar-refractivity contribution in [1.29, 1.82) is 0 Å². The van der Waals surface area contributed by atoms with Crippen molar-refractivity contribution < 1.29 is 0 Å². The van der Waals surface area contributed by atoms with Crippen LogP contribution in [0.15, 0.2) is 78.0 Å². The highest BCUT2D eigenvalue weighted by atomic mass is 127. The molecule has 7 heteroatoms. The van der Waals surface area contributed by atoms with Gasteiger partial charge in [-0.15, -0.1) is 24.0 Å². The molecule has 0 saturated heterocycles. The van der Waals surface area contributed by atoms with Gasteiger partial charge in [-0.1, -0.05) is 54.6 Å². The Morgan fingerprint density at radius 1 is 1.03 bits per heavy atom. The van der Waals surface area contributed by atoms with Crippen LogP contribution in [0.25, 0.3) is 22.2 Å². The Hall–Kier alpha value is -2.94. The number of guanidine groups is 1. The van der Waals surface area contributed by atoms with E-state index in [1.807, 2.05) is 12.1 Å². The van der Waals surface area contributed by atoms with Gasteiger partial charge in [0.25, 0.3) is 0 Å². The zero-order valence-electron chi connectivity index (χ0n) is 17.7. The summed E-state index contributed by atoms with van der Waals surface area (Å²) in [4.78, 5) is 9.00. The summed E-state index contributed by atoms with van der Waals surface area (Å²) in [5.41, 5.74) is 3.34. The third-order valence-electron chi connectivity index (χ3n) is 5.01. The molecule has 0 aliphatic heterocycles. The van der Waals surface area contributed by atoms with Gasteiger partial charge in [0.05, 0.1) is 12.6 Å². The van der Waals surface area contributed by atoms with Gasteiger partial charge in [-0.25, -0.2) is 9.98 Å². The molecule has 0 bridgehead atoms. The monoisotopic (exact) mass is 526 g/mol. The number of H-pyrrole nitrogens is 1. The summed E-state index contributed by atoms with van der Waals surface area (Å²) in [5.74, 6) is 1.55. The highest BCUT2D eigenvalue weighted by Gasteiger charge is 2.09. The minimum Gasteiger partial charge on any atom is -0.357 e. The summed E-state index contributed by atoms with van der Waals surface area (Å²) in [6, 6.07) is 23.3. The Labute approximate surface area is 199 Å². The van der Waals surface area contributed by atoms with E-state index in [4.69, 9.17) is 4.99 Å². The number of rotatable bonds is 6. The molecule has 0 amide bonds. The van der Waals surface area contributed by atoms with Gasteiger partial charge in [0.2, 0.25) is 0 Å². The number of hydrogen-bond acceptors (Lipinski definition) is 3. The standard InChI is InChI=1S/C24H26N6.HI/c1-3-25-24(26-15-18-7-6-10-22(13-18)23-27-16-28-30-23)29-17(2)20-12-11-19-8-4-5-9-21(19)14-20;/h4-14,16-17H,3,15H2,1-2H3,(H2,25,26,29)(H,27,28,30);1H. The molecule has 0 spiro atoms. The molecule has 31 heavy (non-hydrogen) atoms. The van der Waals surface area contributed by atoms with Crippen LogP contribution < -0.4 is 10.6 Å². The molecule has 1 unspecified atom stereocenters. The number of hydrogen-bond donors (Lipinski definition) is 3. The van der Waals surface area contributed by atoms with Crippen molar-refractivity contribution in [2.75, 3.05) is 6.54 Å². The number of halogens is 1. The predicted molar refractivity (Wildman–Crippen MR) is 138 cm³/mol. The Balaban J connectivity index is 0.00000272. The normalized spacial score (nSPS) is 12.3. The van der Waals surface area contributed by atoms with Crippen molar-refractivity contribution in [3.05, 3.63) is 84.2 Å². The molecule has 3 N–H and O–H groups in total. The van der Waals surface area contributed by atoms with Gasteiger partial charge in [0.1, 0.15) is 6.33 Å². The van der Waals surface area contributed by atoms with Gasteiger partial charge >= 0.3 is 0 Å². The van der Waals surface area contributed by atoms with Crippen LogP contribution in [0.2, 0.25) is 0 Å². The van der Waals surface area contributed by atoms with Crippen molar-refractivity contribution in [2.45, 2.75) is 26.4 Å². The molecule has 1 atom stereocenters. The van der Waals surface area contributed by atoms with Crippen LogP contribution in [0, 0.1) is 0 Å². The number of nitrogens with zero attached hydrogens (tertiary/aromatic N) is 3. The van der Waals surface area contributed by atoms with Gasteiger partial charge in [0.15, 0.2) is 11.8 Å². The molecule has 0 fully saturated rings. The van der Waals surface area contributed by atoms with Gasteiger partial charge < -0.3 is 10.6 Å². The summed E-state index contributed by atoms with van der Waals surface area (Å²) >= 11 is 0. The van der Waals surface area contributed by atoms with E-state index < -0.39 is 0 Å². The Bertz CT molecular complexity index is 1140. The van der Waals surface area contributed by atoms with Crippen molar-refractivity contribution in [2.24, 2.45) is 4.99 Å². The second-order valence-electron chi connectivity index (χ2n) is 7.20. The van der Waals surface area contributed by atoms with Crippen molar-refractivity contribution >= 4 is 40.7 Å². The van der Waals surface area contributed by atoms with Gasteiger partial charge in [-0.05, 0) is 47.9 Å². The lowest BCUT2D eigenvalue weighted by molar-refractivity contribution is 0.687. The fraction of sp³-hybridized carbons (Fsp3) is 0.208. The minimum absolute atomic E-state index is 0. The molecule has 3 aromatic carbocycles. The first-order valence-corrected chi connectivity index (χ1v) is 10.2. The maximum atomic E-state index is 4.78. The number of fused-ring (bicyclic) bond motifs is 1. The summed E-state index contributed by atoms with van der Waals surface area (Å²) in [7, 11) is 0. The molecule has 0 aliphatic rings. The molecule has 1 aromatic heterocycles. The Morgan fingerprint density at radius 2 is 1.87 bits per heavy atom. The molecule has 6 nitrogen and oxygen atoms in total. The highest BCUT2D eigenvalue weighted by Crippen LogP contribution is 2.20. The predicted octanol–water partition coefficient (Wildman–Crippen LogP) is 5.06. The van der Waals surface area contributed by atoms with E-state index in [0.717, 1.165) is 29.5 Å². The maximum Gasteiger partial charge on any atom is 0.192 e. The van der Waals surface area contributed by atoms with E-state index in [9.17, 15) is 0 Å². The van der Waals surface area contributed by atoms with Gasteiger partial charge in [0, 0.05) is 12.1 Å². The molecule has 0 saturated carbocycles. The Kier molecular flexibility index (Phi) is 8.00. The second kappa shape index (κ2) is 10.9. The van der Waals surface area contributed by atoms with E-state index in [1.54, 1.807) is 0 Å². The van der Waals surface area contributed by atoms with Crippen LogP contribution in [-0.4, -0.2) is 27.7 Å². The third kappa shape index (κ3) is 5.81.